The molecule has 0 saturated carbocycles. The minimum atomic E-state index is -5.04. The summed E-state index contributed by atoms with van der Waals surface area (Å²) in [5, 5.41) is 16.7. The summed E-state index contributed by atoms with van der Waals surface area (Å²) in [6.07, 6.45) is -3.11. The van der Waals surface area contributed by atoms with Gasteiger partial charge in [-0.1, -0.05) is 34.8 Å². The van der Waals surface area contributed by atoms with Crippen LogP contribution in [0, 0.1) is 0 Å². The largest absolute Gasteiger partial charge is 0.478 e. The van der Waals surface area contributed by atoms with Crippen molar-refractivity contribution in [3.8, 4) is 0 Å². The normalized spacial score (nSPS) is 13.3. The highest BCUT2D eigenvalue weighted by atomic mass is 35.5. The lowest BCUT2D eigenvalue weighted by atomic mass is 10.1. The van der Waals surface area contributed by atoms with E-state index in [1.165, 1.54) is 35.7 Å². The van der Waals surface area contributed by atoms with E-state index in [0.29, 0.717) is 48.8 Å². The molecule has 4 aromatic rings. The van der Waals surface area contributed by atoms with E-state index in [1.54, 1.807) is 12.1 Å². The Kier molecular flexibility index (Phi) is 10.6. The zero-order chi connectivity index (χ0) is 34.7. The monoisotopic (exact) mass is 743 g/mol. The van der Waals surface area contributed by atoms with Gasteiger partial charge in [0.1, 0.15) is 16.3 Å². The number of rotatable bonds is 9. The van der Waals surface area contributed by atoms with Gasteiger partial charge < -0.3 is 30.3 Å². The van der Waals surface area contributed by atoms with Crippen LogP contribution in [0.4, 0.5) is 36.3 Å². The number of alkyl halides is 3. The Labute approximate surface area is 289 Å². The number of hydrogen-bond donors (Lipinski definition) is 3. The summed E-state index contributed by atoms with van der Waals surface area (Å²) >= 11 is 19.9. The molecule has 1 aliphatic heterocycles. The molecule has 48 heavy (non-hydrogen) atoms. The van der Waals surface area contributed by atoms with Crippen LogP contribution in [0.25, 0.3) is 0 Å². The molecule has 3 N–H and O–H groups in total. The zero-order valence-corrected chi connectivity index (χ0v) is 27.7. The summed E-state index contributed by atoms with van der Waals surface area (Å²) in [5.41, 5.74) is -1.71. The fourth-order valence-corrected chi connectivity index (χ4v) is 6.22. The number of carboxylic acids is 1. The quantitative estimate of drug-likeness (QED) is 0.171. The van der Waals surface area contributed by atoms with Crippen molar-refractivity contribution in [3.05, 3.63) is 84.4 Å². The summed E-state index contributed by atoms with van der Waals surface area (Å²) in [5.74, 6) is -3.33. The number of halogens is 6. The summed E-state index contributed by atoms with van der Waals surface area (Å²) in [6.45, 7) is 1.57. The average molecular weight is 745 g/mol. The molecule has 0 aliphatic carbocycles. The van der Waals surface area contributed by atoms with Crippen LogP contribution >= 0.6 is 46.1 Å². The summed E-state index contributed by atoms with van der Waals surface area (Å²) in [7, 11) is 1.38. The van der Waals surface area contributed by atoms with Crippen molar-refractivity contribution in [1.82, 2.24) is 15.0 Å². The number of hydrogen-bond acceptors (Lipinski definition) is 10. The van der Waals surface area contributed by atoms with Crippen molar-refractivity contribution >= 4 is 87.1 Å². The highest BCUT2D eigenvalue weighted by Crippen LogP contribution is 2.37. The highest BCUT2D eigenvalue weighted by molar-refractivity contribution is 7.13. The molecule has 0 atom stereocenters. The molecular weight excluding hydrogens is 722 g/mol. The molecule has 0 bridgehead atoms. The first-order valence-corrected chi connectivity index (χ1v) is 15.8. The smallest absolute Gasteiger partial charge is 0.434 e. The molecule has 0 spiro atoms. The Bertz CT molecular complexity index is 1870. The van der Waals surface area contributed by atoms with Gasteiger partial charge >= 0.3 is 12.1 Å². The molecule has 4 heterocycles. The number of carboxylic acid groups (broad SMARTS) is 1. The molecule has 3 aromatic heterocycles. The van der Waals surface area contributed by atoms with Crippen LogP contribution in [-0.2, 0) is 17.5 Å². The number of amides is 2. The SMILES string of the molecule is CN(Cc1csc(C(=O)Nc2c(C(=O)Nc3ccc(Cl)cn3)cc(Cl)cc2N2CCOCC2)c1Cl)c1ncc(C(=O)O)c(C(F)(F)F)n1. The minimum absolute atomic E-state index is 0.000743. The third kappa shape index (κ3) is 7.90. The molecule has 1 aliphatic rings. The second kappa shape index (κ2) is 14.5. The number of ether oxygens (including phenoxy) is 1. The van der Waals surface area contributed by atoms with Crippen molar-refractivity contribution in [3.63, 3.8) is 0 Å². The lowest BCUT2D eigenvalue weighted by molar-refractivity contribution is -0.141. The van der Waals surface area contributed by atoms with Crippen LogP contribution in [0.5, 0.6) is 0 Å². The van der Waals surface area contributed by atoms with E-state index in [9.17, 15) is 27.6 Å². The number of pyridine rings is 1. The number of carbonyl (C=O) groups is 3. The Morgan fingerprint density at radius 3 is 2.40 bits per heavy atom. The summed E-state index contributed by atoms with van der Waals surface area (Å²) in [4.78, 5) is 52.9. The molecule has 0 radical (unpaired) electrons. The number of morpholine rings is 1. The molecule has 252 valence electrons. The Morgan fingerprint density at radius 2 is 1.75 bits per heavy atom. The van der Waals surface area contributed by atoms with Gasteiger partial charge in [-0.25, -0.2) is 19.7 Å². The van der Waals surface area contributed by atoms with E-state index in [4.69, 9.17) is 44.6 Å². The third-order valence-corrected chi connectivity index (χ3v) is 8.93. The molecule has 1 fully saturated rings. The van der Waals surface area contributed by atoms with Gasteiger partial charge in [0.2, 0.25) is 5.95 Å². The molecule has 1 aromatic carbocycles. The number of aromatic carboxylic acids is 1. The van der Waals surface area contributed by atoms with Crippen LogP contribution < -0.4 is 20.4 Å². The molecule has 12 nitrogen and oxygen atoms in total. The number of carbonyl (C=O) groups excluding carboxylic acids is 2. The van der Waals surface area contributed by atoms with Gasteiger partial charge in [-0.05, 0) is 29.6 Å². The fourth-order valence-electron chi connectivity index (χ4n) is 4.65. The Morgan fingerprint density at radius 1 is 1.02 bits per heavy atom. The molecule has 0 unspecified atom stereocenters. The molecule has 5 rings (SSSR count). The van der Waals surface area contributed by atoms with Crippen LogP contribution in [0.1, 0.15) is 41.6 Å². The second-order valence-electron chi connectivity index (χ2n) is 10.2. The lowest BCUT2D eigenvalue weighted by Crippen LogP contribution is -2.37. The first-order chi connectivity index (χ1) is 22.7. The second-order valence-corrected chi connectivity index (χ2v) is 12.3. The summed E-state index contributed by atoms with van der Waals surface area (Å²) in [6, 6.07) is 6.06. The van der Waals surface area contributed by atoms with Crippen molar-refractivity contribution in [2.45, 2.75) is 12.7 Å². The van der Waals surface area contributed by atoms with E-state index >= 15 is 0 Å². The van der Waals surface area contributed by atoms with Crippen molar-refractivity contribution in [2.75, 3.05) is 53.8 Å². The fraction of sp³-hybridized carbons (Fsp3) is 0.241. The van der Waals surface area contributed by atoms with E-state index in [1.807, 2.05) is 4.90 Å². The van der Waals surface area contributed by atoms with Gasteiger partial charge in [0.25, 0.3) is 11.8 Å². The zero-order valence-electron chi connectivity index (χ0n) is 24.6. The van der Waals surface area contributed by atoms with Gasteiger partial charge in [0, 0.05) is 49.7 Å². The average Bonchev–Trinajstić information content (AvgIpc) is 3.41. The van der Waals surface area contributed by atoms with Crippen LogP contribution in [0.3, 0.4) is 0 Å². The van der Waals surface area contributed by atoms with Crippen LogP contribution in [0.15, 0.2) is 42.0 Å². The van der Waals surface area contributed by atoms with Crippen molar-refractivity contribution in [2.24, 2.45) is 0 Å². The number of thiophene rings is 1. The van der Waals surface area contributed by atoms with Crippen LogP contribution in [0.2, 0.25) is 15.1 Å². The van der Waals surface area contributed by atoms with Crippen molar-refractivity contribution in [1.29, 1.82) is 0 Å². The Balaban J connectivity index is 1.43. The van der Waals surface area contributed by atoms with Gasteiger partial charge in [-0.15, -0.1) is 11.3 Å². The first-order valence-electron chi connectivity index (χ1n) is 13.8. The number of aromatic nitrogens is 3. The third-order valence-electron chi connectivity index (χ3n) is 6.92. The molecule has 19 heteroatoms. The maximum absolute atomic E-state index is 13.7. The van der Waals surface area contributed by atoms with Gasteiger partial charge in [-0.3, -0.25) is 9.59 Å². The summed E-state index contributed by atoms with van der Waals surface area (Å²) < 4.78 is 46.0. The van der Waals surface area contributed by atoms with Crippen molar-refractivity contribution < 1.29 is 37.4 Å². The van der Waals surface area contributed by atoms with E-state index in [0.717, 1.165) is 11.3 Å². The topological polar surface area (TPSA) is 150 Å². The van der Waals surface area contributed by atoms with E-state index < -0.39 is 41.2 Å². The number of nitrogens with zero attached hydrogens (tertiary/aromatic N) is 5. The number of benzene rings is 1. The Hall–Kier alpha value is -4.22. The van der Waals surface area contributed by atoms with Gasteiger partial charge in [0.15, 0.2) is 5.69 Å². The molecule has 2 amide bonds. The van der Waals surface area contributed by atoms with Gasteiger partial charge in [-0.2, -0.15) is 13.2 Å². The van der Waals surface area contributed by atoms with E-state index in [-0.39, 0.29) is 38.5 Å². The highest BCUT2D eigenvalue weighted by Gasteiger charge is 2.38. The van der Waals surface area contributed by atoms with E-state index in [2.05, 4.69) is 25.6 Å². The van der Waals surface area contributed by atoms with Gasteiger partial charge in [0.05, 0.1) is 40.2 Å². The van der Waals surface area contributed by atoms with Crippen LogP contribution in [-0.4, -0.2) is 71.2 Å². The number of nitrogens with one attached hydrogen (secondary N) is 2. The predicted molar refractivity (Wildman–Crippen MR) is 175 cm³/mol. The maximum atomic E-state index is 13.7. The maximum Gasteiger partial charge on any atom is 0.434 e. The molecule has 1 saturated heterocycles. The lowest BCUT2D eigenvalue weighted by Gasteiger charge is -2.31. The minimum Gasteiger partial charge on any atom is -0.478 e. The number of anilines is 4. The predicted octanol–water partition coefficient (Wildman–Crippen LogP) is 6.59. The first kappa shape index (κ1) is 35.1. The molecular formula is C29H23Cl3F3N7O5S. The standard InChI is InChI=1S/C29H23Cl3F3N7O5S/c1-41(28-37-11-18(27(45)46)24(40-28)29(33,34)35)12-14-13-48-23(21(14)32)26(44)39-22-17(25(43)38-20-3-2-15(30)10-36-20)8-16(31)9-19(22)42-4-6-47-7-5-42/h2-3,8-11,13H,4-7,12H2,1H3,(H,39,44)(H,45,46)(H,36,38,43).